The maximum Gasteiger partial charge on any atom is 0.295 e. The van der Waals surface area contributed by atoms with E-state index in [-0.39, 0.29) is 11.3 Å². The molecule has 28 heavy (non-hydrogen) atoms. The Morgan fingerprint density at radius 1 is 1.14 bits per heavy atom. The number of likely N-dealkylation sites (tertiary alicyclic amines) is 1. The van der Waals surface area contributed by atoms with Crippen LogP contribution in [0.1, 0.15) is 30.5 Å². The fraction of sp³-hybridized carbons (Fsp3) is 0.182. The van der Waals surface area contributed by atoms with Gasteiger partial charge in [-0.2, -0.15) is 0 Å². The van der Waals surface area contributed by atoms with Crippen LogP contribution in [0.5, 0.6) is 0 Å². The second-order valence-electron chi connectivity index (χ2n) is 6.79. The van der Waals surface area contributed by atoms with Gasteiger partial charge in [0.25, 0.3) is 11.7 Å². The number of ketones is 1. The molecular formula is C22H19FN2O3. The molecule has 1 aliphatic heterocycles. The van der Waals surface area contributed by atoms with Crippen molar-refractivity contribution in [2.75, 3.05) is 6.54 Å². The van der Waals surface area contributed by atoms with E-state index in [1.807, 2.05) is 31.2 Å². The van der Waals surface area contributed by atoms with E-state index in [0.29, 0.717) is 24.1 Å². The minimum Gasteiger partial charge on any atom is -0.507 e. The number of hydrogen-bond acceptors (Lipinski definition) is 3. The number of hydrogen-bond donors (Lipinski definition) is 2. The Kier molecular flexibility index (Phi) is 4.47. The van der Waals surface area contributed by atoms with Crippen molar-refractivity contribution >= 4 is 28.4 Å². The summed E-state index contributed by atoms with van der Waals surface area (Å²) in [5.41, 5.74) is 1.87. The molecule has 1 atom stereocenters. The summed E-state index contributed by atoms with van der Waals surface area (Å²) in [6.07, 6.45) is 2.27. The Balaban J connectivity index is 1.93. The summed E-state index contributed by atoms with van der Waals surface area (Å²) in [7, 11) is 0. The summed E-state index contributed by atoms with van der Waals surface area (Å²) in [5, 5.41) is 11.8. The predicted molar refractivity (Wildman–Crippen MR) is 104 cm³/mol. The van der Waals surface area contributed by atoms with Crippen molar-refractivity contribution in [1.29, 1.82) is 0 Å². The second kappa shape index (κ2) is 6.96. The van der Waals surface area contributed by atoms with E-state index >= 15 is 0 Å². The maximum absolute atomic E-state index is 13.4. The third-order valence-corrected chi connectivity index (χ3v) is 5.03. The Labute approximate surface area is 161 Å². The van der Waals surface area contributed by atoms with Gasteiger partial charge in [0.1, 0.15) is 11.6 Å². The summed E-state index contributed by atoms with van der Waals surface area (Å²) in [4.78, 5) is 30.0. The Bertz CT molecular complexity index is 1100. The summed E-state index contributed by atoms with van der Waals surface area (Å²) in [6, 6.07) is 12.3. The van der Waals surface area contributed by atoms with Crippen molar-refractivity contribution in [1.82, 2.24) is 9.88 Å². The van der Waals surface area contributed by atoms with Crippen molar-refractivity contribution in [2.24, 2.45) is 0 Å². The smallest absolute Gasteiger partial charge is 0.295 e. The van der Waals surface area contributed by atoms with Crippen molar-refractivity contribution in [3.8, 4) is 0 Å². The van der Waals surface area contributed by atoms with E-state index in [1.165, 1.54) is 29.2 Å². The number of aliphatic hydroxyl groups excluding tert-OH is 1. The highest BCUT2D eigenvalue weighted by Crippen LogP contribution is 2.40. The largest absolute Gasteiger partial charge is 0.507 e. The summed E-state index contributed by atoms with van der Waals surface area (Å²) in [5.74, 6) is -2.03. The quantitative estimate of drug-likeness (QED) is 0.407. The number of benzene rings is 2. The van der Waals surface area contributed by atoms with Gasteiger partial charge in [0.2, 0.25) is 0 Å². The second-order valence-corrected chi connectivity index (χ2v) is 6.79. The van der Waals surface area contributed by atoms with Gasteiger partial charge in [-0.3, -0.25) is 9.59 Å². The van der Waals surface area contributed by atoms with Crippen molar-refractivity contribution < 1.29 is 19.1 Å². The van der Waals surface area contributed by atoms with Crippen LogP contribution >= 0.6 is 0 Å². The molecule has 1 unspecified atom stereocenters. The number of H-pyrrole nitrogens is 1. The van der Waals surface area contributed by atoms with Crippen LogP contribution in [0.25, 0.3) is 16.7 Å². The Hall–Kier alpha value is -3.41. The number of carbonyl (C=O) groups is 2. The average Bonchev–Trinajstić information content (AvgIpc) is 3.23. The van der Waals surface area contributed by atoms with Gasteiger partial charge in [-0.15, -0.1) is 0 Å². The molecule has 1 saturated heterocycles. The van der Waals surface area contributed by atoms with Crippen LogP contribution in [0, 0.1) is 5.82 Å². The Morgan fingerprint density at radius 2 is 1.86 bits per heavy atom. The van der Waals surface area contributed by atoms with Gasteiger partial charge in [0.05, 0.1) is 11.6 Å². The number of rotatable bonds is 4. The zero-order valence-electron chi connectivity index (χ0n) is 15.3. The van der Waals surface area contributed by atoms with Gasteiger partial charge in [-0.05, 0) is 30.2 Å². The molecule has 1 amide bonds. The minimum absolute atomic E-state index is 0.0230. The zero-order valence-corrected chi connectivity index (χ0v) is 15.3. The highest BCUT2D eigenvalue weighted by Gasteiger charge is 2.45. The molecule has 1 fully saturated rings. The molecular weight excluding hydrogens is 359 g/mol. The molecule has 1 aliphatic rings. The lowest BCUT2D eigenvalue weighted by Crippen LogP contribution is -2.30. The van der Waals surface area contributed by atoms with Crippen molar-refractivity contribution in [2.45, 2.75) is 19.4 Å². The number of aromatic amines is 1. The number of fused-ring (bicyclic) bond motifs is 1. The van der Waals surface area contributed by atoms with Crippen LogP contribution in [0.15, 0.2) is 60.3 Å². The molecule has 0 bridgehead atoms. The molecule has 0 spiro atoms. The van der Waals surface area contributed by atoms with Crippen LogP contribution in [0.2, 0.25) is 0 Å². The number of aliphatic hydroxyl groups is 1. The number of nitrogens with one attached hydrogen (secondary N) is 1. The molecule has 6 heteroatoms. The zero-order chi connectivity index (χ0) is 19.8. The molecule has 2 N–H and O–H groups in total. The third-order valence-electron chi connectivity index (χ3n) is 5.03. The first-order chi connectivity index (χ1) is 13.5. The standard InChI is InChI=1S/C22H19FN2O3/c1-2-11-25-19(13-7-9-14(23)10-8-13)18(21(27)22(25)28)20(26)16-12-24-17-6-4-3-5-15(16)17/h3-10,12,19,24,26H,2,11H2,1H3/b20-18-. The normalized spacial score (nSPS) is 18.9. The SMILES string of the molecule is CCCN1C(=O)C(=O)/C(=C(\O)c2c[nH]c3ccccc23)C1c1ccc(F)cc1. The molecule has 1 aromatic heterocycles. The summed E-state index contributed by atoms with van der Waals surface area (Å²) >= 11 is 0. The number of para-hydroxylation sites is 1. The molecule has 5 nitrogen and oxygen atoms in total. The first kappa shape index (κ1) is 18.0. The molecule has 142 valence electrons. The minimum atomic E-state index is -0.755. The van der Waals surface area contributed by atoms with Crippen LogP contribution in [0.3, 0.4) is 0 Å². The van der Waals surface area contributed by atoms with Gasteiger partial charge >= 0.3 is 0 Å². The van der Waals surface area contributed by atoms with Crippen molar-refractivity contribution in [3.63, 3.8) is 0 Å². The molecule has 0 aliphatic carbocycles. The Morgan fingerprint density at radius 3 is 2.57 bits per heavy atom. The van der Waals surface area contributed by atoms with Gasteiger partial charge in [0, 0.05) is 29.2 Å². The van der Waals surface area contributed by atoms with Crippen molar-refractivity contribution in [3.05, 3.63) is 77.2 Å². The third kappa shape index (κ3) is 2.78. The maximum atomic E-state index is 13.4. The van der Waals surface area contributed by atoms with Gasteiger partial charge < -0.3 is 15.0 Å². The summed E-state index contributed by atoms with van der Waals surface area (Å²) in [6.45, 7) is 2.26. The first-order valence-electron chi connectivity index (χ1n) is 9.13. The van der Waals surface area contributed by atoms with Crippen LogP contribution < -0.4 is 0 Å². The number of nitrogens with zero attached hydrogens (tertiary/aromatic N) is 1. The van der Waals surface area contributed by atoms with E-state index in [9.17, 15) is 19.1 Å². The molecule has 0 radical (unpaired) electrons. The number of carbonyl (C=O) groups excluding carboxylic acids is 2. The summed E-state index contributed by atoms with van der Waals surface area (Å²) < 4.78 is 13.4. The lowest BCUT2D eigenvalue weighted by Gasteiger charge is -2.24. The van der Waals surface area contributed by atoms with Gasteiger partial charge in [-0.25, -0.2) is 4.39 Å². The highest BCUT2D eigenvalue weighted by atomic mass is 19.1. The highest BCUT2D eigenvalue weighted by molar-refractivity contribution is 6.46. The number of aromatic nitrogens is 1. The van der Waals surface area contributed by atoms with Crippen LogP contribution in [0.4, 0.5) is 4.39 Å². The topological polar surface area (TPSA) is 73.4 Å². The monoisotopic (exact) mass is 378 g/mol. The van der Waals surface area contributed by atoms with Crippen LogP contribution in [-0.4, -0.2) is 33.2 Å². The van der Waals surface area contributed by atoms with E-state index in [0.717, 1.165) is 10.9 Å². The van der Waals surface area contributed by atoms with E-state index in [4.69, 9.17) is 0 Å². The average molecular weight is 378 g/mol. The van der Waals surface area contributed by atoms with E-state index < -0.39 is 23.5 Å². The fourth-order valence-electron chi connectivity index (χ4n) is 3.76. The fourth-order valence-corrected chi connectivity index (χ4v) is 3.76. The predicted octanol–water partition coefficient (Wildman–Crippen LogP) is 4.14. The molecule has 3 aromatic rings. The molecule has 0 saturated carbocycles. The van der Waals surface area contributed by atoms with Crippen LogP contribution in [-0.2, 0) is 9.59 Å². The lowest BCUT2D eigenvalue weighted by atomic mass is 9.95. The number of Topliss-reactive ketones (excluding diaryl/α,β-unsaturated/α-hetero) is 1. The lowest BCUT2D eigenvalue weighted by molar-refractivity contribution is -0.139. The van der Waals surface area contributed by atoms with Gasteiger partial charge in [-0.1, -0.05) is 37.3 Å². The number of amides is 1. The first-order valence-corrected chi connectivity index (χ1v) is 9.13. The molecule has 2 heterocycles. The van der Waals surface area contributed by atoms with Gasteiger partial charge in [0.15, 0.2) is 0 Å². The molecule has 4 rings (SSSR count). The number of halogens is 1. The van der Waals surface area contributed by atoms with E-state index in [2.05, 4.69) is 4.98 Å². The molecule has 2 aromatic carbocycles. The van der Waals surface area contributed by atoms with E-state index in [1.54, 1.807) is 6.20 Å².